The minimum absolute atomic E-state index is 0.0281. The lowest BCUT2D eigenvalue weighted by atomic mass is 9.43. The second-order valence-electron chi connectivity index (χ2n) is 16.0. The second kappa shape index (κ2) is 14.4. The molecule has 49 heavy (non-hydrogen) atoms. The first-order valence-electron chi connectivity index (χ1n) is 17.8. The van der Waals surface area contributed by atoms with Gasteiger partial charge in [0, 0.05) is 26.1 Å². The van der Waals surface area contributed by atoms with E-state index in [1.807, 2.05) is 52.8 Å². The van der Waals surface area contributed by atoms with Gasteiger partial charge in [-0.15, -0.1) is 0 Å². The van der Waals surface area contributed by atoms with Gasteiger partial charge < -0.3 is 44.8 Å². The molecule has 1 aliphatic heterocycles. The molecule has 14 heteroatoms. The highest BCUT2D eigenvalue weighted by Crippen LogP contribution is 2.69. The number of hydrogen-bond donors (Lipinski definition) is 7. The third-order valence-electron chi connectivity index (χ3n) is 13.2. The summed E-state index contributed by atoms with van der Waals surface area (Å²) >= 11 is 0. The molecule has 282 valence electrons. The zero-order chi connectivity index (χ0) is 36.3. The molecule has 1 saturated heterocycles. The summed E-state index contributed by atoms with van der Waals surface area (Å²) in [6.45, 7) is 9.78. The minimum Gasteiger partial charge on any atom is -0.396 e. The summed E-state index contributed by atoms with van der Waals surface area (Å²) < 4.78 is 56.8. The van der Waals surface area contributed by atoms with Crippen LogP contribution in [-0.2, 0) is 28.8 Å². The van der Waals surface area contributed by atoms with Gasteiger partial charge >= 0.3 is 10.4 Å². The monoisotopic (exact) mass is 718 g/mol. The molecule has 0 aromatic rings. The maximum atomic E-state index is 12.9. The molecule has 0 aromatic heterocycles. The van der Waals surface area contributed by atoms with Crippen LogP contribution < -0.4 is 0 Å². The lowest BCUT2D eigenvalue weighted by Crippen LogP contribution is -2.66. The molecule has 0 radical (unpaired) electrons. The lowest BCUT2D eigenvalue weighted by molar-refractivity contribution is -0.285. The predicted molar refractivity (Wildman–Crippen MR) is 177 cm³/mol. The van der Waals surface area contributed by atoms with Crippen molar-refractivity contribution >= 4 is 10.4 Å². The molecule has 2 unspecified atom stereocenters. The van der Waals surface area contributed by atoms with Crippen molar-refractivity contribution in [2.45, 2.75) is 128 Å². The van der Waals surface area contributed by atoms with E-state index in [1.165, 1.54) is 7.11 Å². The average Bonchev–Trinajstić information content (AvgIpc) is 3.24. The number of allylic oxidation sites excluding steroid dienone is 2. The topological polar surface area (TPSA) is 213 Å². The van der Waals surface area contributed by atoms with Gasteiger partial charge in [0.2, 0.25) is 0 Å². The normalized spacial score (nSPS) is 47.5. The zero-order valence-electron chi connectivity index (χ0n) is 29.5. The van der Waals surface area contributed by atoms with Gasteiger partial charge in [-0.05, 0) is 78.1 Å². The first-order valence-corrected chi connectivity index (χ1v) is 19.1. The molecule has 5 aliphatic rings. The van der Waals surface area contributed by atoms with Crippen molar-refractivity contribution in [1.29, 1.82) is 0 Å². The minimum atomic E-state index is -5.03. The van der Waals surface area contributed by atoms with Crippen molar-refractivity contribution in [2.24, 2.45) is 46.3 Å². The molecule has 0 amide bonds. The Balaban J connectivity index is 1.47. The van der Waals surface area contributed by atoms with Crippen molar-refractivity contribution in [2.75, 3.05) is 20.3 Å². The Kier molecular flexibility index (Phi) is 11.5. The van der Waals surface area contributed by atoms with Crippen LogP contribution in [0.1, 0.15) is 73.1 Å². The first kappa shape index (κ1) is 39.2. The molecule has 1 heterocycles. The lowest BCUT2D eigenvalue weighted by Gasteiger charge is -2.64. The maximum Gasteiger partial charge on any atom is 0.397 e. The maximum absolute atomic E-state index is 12.9. The summed E-state index contributed by atoms with van der Waals surface area (Å²) in [5.74, 6) is -2.08. The highest BCUT2D eigenvalue weighted by Gasteiger charge is 2.73. The number of methoxy groups -OCH3 is 1. The van der Waals surface area contributed by atoms with Gasteiger partial charge in [0.25, 0.3) is 0 Å². The molecule has 4 aliphatic carbocycles. The van der Waals surface area contributed by atoms with E-state index in [4.69, 9.17) is 18.4 Å². The van der Waals surface area contributed by atoms with Crippen molar-refractivity contribution in [1.82, 2.24) is 0 Å². The molecular formula is C35H58O13S. The van der Waals surface area contributed by atoms with E-state index in [-0.39, 0.29) is 37.4 Å². The Bertz CT molecular complexity index is 1340. The standard InChI is InChI=1S/C35H58O13S/c1-7-20(19(3)16-36)9-8-18(2)26-28(40)29(48-49(42,43)44)31-34(26,5)13-11-25-33(4)12-10-21(14-22(33)23(37)15-35(25,31)41)47-32-30(45-6)27(39)24(38)17-46-32/h8-9,14,18-21,23-32,36-41H,7,10-13,15-17H2,1-6H3,(H,42,43,44)/b9-8+/t18-,19-,20-,21+,23-,24-,25?,26+,27+,28-,29+,30-,31?,32+,33+,34-,35+/m1/s1. The third kappa shape index (κ3) is 6.95. The average molecular weight is 719 g/mol. The third-order valence-corrected chi connectivity index (χ3v) is 13.7. The van der Waals surface area contributed by atoms with Gasteiger partial charge in [-0.25, -0.2) is 4.18 Å². The Morgan fingerprint density at radius 1 is 1.06 bits per heavy atom. The van der Waals surface area contributed by atoms with Crippen LogP contribution in [0.5, 0.6) is 0 Å². The summed E-state index contributed by atoms with van der Waals surface area (Å²) in [5.41, 5.74) is -2.52. The van der Waals surface area contributed by atoms with Crippen LogP contribution in [0, 0.1) is 46.3 Å². The first-order chi connectivity index (χ1) is 22.9. The van der Waals surface area contributed by atoms with Crippen molar-refractivity contribution in [3.05, 3.63) is 23.8 Å². The van der Waals surface area contributed by atoms with E-state index in [9.17, 15) is 43.6 Å². The number of aliphatic hydroxyl groups is 6. The number of ether oxygens (including phenoxy) is 3. The van der Waals surface area contributed by atoms with Crippen LogP contribution in [0.25, 0.3) is 0 Å². The van der Waals surface area contributed by atoms with Crippen LogP contribution in [-0.4, -0.2) is 119 Å². The summed E-state index contributed by atoms with van der Waals surface area (Å²) in [6.07, 6.45) is -0.0389. The fourth-order valence-electron chi connectivity index (χ4n) is 10.8. The second-order valence-corrected chi connectivity index (χ2v) is 17.0. The smallest absolute Gasteiger partial charge is 0.396 e. The van der Waals surface area contributed by atoms with Crippen molar-refractivity contribution in [3.8, 4) is 0 Å². The quantitative estimate of drug-likeness (QED) is 0.120. The number of fused-ring (bicyclic) bond motifs is 5. The molecule has 17 atom stereocenters. The number of rotatable bonds is 11. The predicted octanol–water partition coefficient (Wildman–Crippen LogP) is 1.75. The largest absolute Gasteiger partial charge is 0.397 e. The van der Waals surface area contributed by atoms with Gasteiger partial charge in [0.15, 0.2) is 6.29 Å². The molecule has 7 N–H and O–H groups in total. The summed E-state index contributed by atoms with van der Waals surface area (Å²) in [6, 6.07) is 0. The number of aliphatic hydroxyl groups excluding tert-OH is 5. The highest BCUT2D eigenvalue weighted by atomic mass is 32.3. The summed E-state index contributed by atoms with van der Waals surface area (Å²) in [4.78, 5) is 0. The molecule has 5 rings (SSSR count). The Labute approximate surface area is 290 Å². The van der Waals surface area contributed by atoms with Crippen molar-refractivity contribution < 1.29 is 62.0 Å². The van der Waals surface area contributed by atoms with E-state index < -0.39 is 93.6 Å². The van der Waals surface area contributed by atoms with Crippen LogP contribution in [0.3, 0.4) is 0 Å². The van der Waals surface area contributed by atoms with Crippen LogP contribution in [0.4, 0.5) is 0 Å². The van der Waals surface area contributed by atoms with Crippen LogP contribution in [0.15, 0.2) is 23.8 Å². The number of hydrogen-bond acceptors (Lipinski definition) is 12. The SMILES string of the molecule is CC[C@H](/C=C/[C@@H](C)[C@H]1[C@@H](O)[C@H](OS(=O)(=O)O)C2[C@]3(O)C[C@@H](O)C4=C[C@@H](O[C@@H]5OC[C@@H](O)[C@H](O)[C@H]5OC)CC[C@]4(C)C3CC[C@@]21C)[C@H](C)CO. The van der Waals surface area contributed by atoms with Gasteiger partial charge in [-0.2, -0.15) is 8.42 Å². The molecule has 0 spiro atoms. The summed E-state index contributed by atoms with van der Waals surface area (Å²) in [5, 5.41) is 66.7. The van der Waals surface area contributed by atoms with Gasteiger partial charge in [-0.1, -0.05) is 52.8 Å². The van der Waals surface area contributed by atoms with Gasteiger partial charge in [0.05, 0.1) is 30.5 Å². The van der Waals surface area contributed by atoms with Gasteiger partial charge in [0.1, 0.15) is 24.4 Å². The molecule has 0 bridgehead atoms. The van der Waals surface area contributed by atoms with E-state index >= 15 is 0 Å². The fourth-order valence-corrected chi connectivity index (χ4v) is 11.3. The van der Waals surface area contributed by atoms with E-state index in [1.54, 1.807) is 0 Å². The molecule has 4 fully saturated rings. The highest BCUT2D eigenvalue weighted by molar-refractivity contribution is 7.80. The van der Waals surface area contributed by atoms with Crippen LogP contribution >= 0.6 is 0 Å². The molecule has 13 nitrogen and oxygen atoms in total. The van der Waals surface area contributed by atoms with E-state index in [0.29, 0.717) is 31.3 Å². The Morgan fingerprint density at radius 3 is 2.37 bits per heavy atom. The molecule has 0 aromatic carbocycles. The zero-order valence-corrected chi connectivity index (χ0v) is 30.3. The molecular weight excluding hydrogens is 660 g/mol. The summed E-state index contributed by atoms with van der Waals surface area (Å²) in [7, 11) is -3.63. The van der Waals surface area contributed by atoms with E-state index in [0.717, 1.165) is 6.42 Å². The van der Waals surface area contributed by atoms with Gasteiger partial charge in [-0.3, -0.25) is 4.55 Å². The van der Waals surface area contributed by atoms with E-state index in [2.05, 4.69) is 0 Å². The Hall–Kier alpha value is -1.01. The Morgan fingerprint density at radius 2 is 1.76 bits per heavy atom. The molecule has 3 saturated carbocycles. The fraction of sp³-hybridized carbons (Fsp3) is 0.886. The van der Waals surface area contributed by atoms with Crippen molar-refractivity contribution in [3.63, 3.8) is 0 Å². The van der Waals surface area contributed by atoms with Crippen LogP contribution in [0.2, 0.25) is 0 Å².